The lowest BCUT2D eigenvalue weighted by Gasteiger charge is -2.25. The first-order valence-electron chi connectivity index (χ1n) is 2.52. The third-order valence-electron chi connectivity index (χ3n) is 1.03. The summed E-state index contributed by atoms with van der Waals surface area (Å²) in [6.07, 6.45) is 5.70. The van der Waals surface area contributed by atoms with Crippen molar-refractivity contribution in [2.45, 2.75) is 4.45 Å². The van der Waals surface area contributed by atoms with E-state index in [0.29, 0.717) is 0 Å². The maximum Gasteiger partial charge on any atom is 0.197 e. The second-order valence-corrected chi connectivity index (χ2v) is 3.67. The van der Waals surface area contributed by atoms with Crippen LogP contribution in [0.5, 0.6) is 0 Å². The topological polar surface area (TPSA) is 32.7 Å². The molecule has 1 heterocycles. The summed E-state index contributed by atoms with van der Waals surface area (Å²) in [5.41, 5.74) is 0. The Morgan fingerprint density at radius 2 is 2.40 bits per heavy atom. The van der Waals surface area contributed by atoms with Crippen LogP contribution in [0.3, 0.4) is 0 Å². The van der Waals surface area contributed by atoms with Gasteiger partial charge in [-0.15, -0.1) is 0 Å². The number of alkyl halides is 1. The fraction of sp³-hybridized carbons (Fsp3) is 0.200. The maximum atomic E-state index is 10.4. The molecule has 1 rings (SSSR count). The third kappa shape index (κ3) is 1.29. The van der Waals surface area contributed by atoms with Gasteiger partial charge in [-0.25, -0.2) is 4.03 Å². The Kier molecular flexibility index (Phi) is 2.25. The van der Waals surface area contributed by atoms with Crippen LogP contribution in [0.2, 0.25) is 0 Å². The van der Waals surface area contributed by atoms with Crippen molar-refractivity contribution in [2.24, 2.45) is 5.10 Å². The van der Waals surface area contributed by atoms with Crippen molar-refractivity contribution in [2.75, 3.05) is 0 Å². The van der Waals surface area contributed by atoms with Gasteiger partial charge in [0.15, 0.2) is 10.7 Å². The first-order valence-corrected chi connectivity index (χ1v) is 4.02. The number of aldehydes is 1. The van der Waals surface area contributed by atoms with Crippen molar-refractivity contribution in [3.63, 3.8) is 0 Å². The van der Waals surface area contributed by atoms with E-state index >= 15 is 0 Å². The number of allylic oxidation sites excluding steroid dienone is 1. The lowest BCUT2D eigenvalue weighted by Crippen LogP contribution is -2.34. The minimum absolute atomic E-state index is 0.745. The van der Waals surface area contributed by atoms with Gasteiger partial charge in [-0.1, -0.05) is 0 Å². The van der Waals surface area contributed by atoms with Gasteiger partial charge >= 0.3 is 0 Å². The molecule has 0 saturated heterocycles. The number of hydrazone groups is 1. The number of carbonyl (C=O) groups is 1. The number of carbonyl (C=O) groups excluding carboxylic acids is 1. The van der Waals surface area contributed by atoms with Gasteiger partial charge in [0.1, 0.15) is 0 Å². The van der Waals surface area contributed by atoms with E-state index in [1.807, 2.05) is 0 Å². The molecule has 1 aliphatic heterocycles. The Morgan fingerprint density at radius 3 is 2.80 bits per heavy atom. The Morgan fingerprint density at radius 1 is 1.70 bits per heavy atom. The summed E-state index contributed by atoms with van der Waals surface area (Å²) in [5.74, 6) is 0. The van der Waals surface area contributed by atoms with Crippen molar-refractivity contribution in [1.29, 1.82) is 0 Å². The van der Waals surface area contributed by atoms with E-state index in [1.54, 1.807) is 18.4 Å². The Balaban J connectivity index is 2.87. The standard InChI is InChI=1S/C5H4Br2N2O/c6-5(4-10)2-1-3-8-9(5)7/h1-4H. The monoisotopic (exact) mass is 266 g/mol. The minimum Gasteiger partial charge on any atom is -0.299 e. The van der Waals surface area contributed by atoms with E-state index in [0.717, 1.165) is 6.29 Å². The van der Waals surface area contributed by atoms with Crippen LogP contribution in [0.1, 0.15) is 0 Å². The molecule has 10 heavy (non-hydrogen) atoms. The van der Waals surface area contributed by atoms with E-state index in [1.165, 1.54) is 4.03 Å². The number of halogens is 2. The highest BCUT2D eigenvalue weighted by Gasteiger charge is 2.30. The van der Waals surface area contributed by atoms with E-state index in [4.69, 9.17) is 0 Å². The molecule has 0 aromatic rings. The molecule has 1 atom stereocenters. The zero-order valence-corrected chi connectivity index (χ0v) is 8.04. The van der Waals surface area contributed by atoms with Gasteiger partial charge < -0.3 is 0 Å². The van der Waals surface area contributed by atoms with Gasteiger partial charge in [-0.05, 0) is 28.1 Å². The maximum absolute atomic E-state index is 10.4. The molecule has 3 nitrogen and oxygen atoms in total. The molecule has 0 radical (unpaired) electrons. The quantitative estimate of drug-likeness (QED) is 0.312. The van der Waals surface area contributed by atoms with Gasteiger partial charge in [-0.3, -0.25) is 4.79 Å². The molecule has 0 spiro atoms. The van der Waals surface area contributed by atoms with Crippen LogP contribution >= 0.6 is 32.1 Å². The van der Waals surface area contributed by atoms with Gasteiger partial charge in [0.05, 0.1) is 16.1 Å². The Bertz CT molecular complexity index is 204. The van der Waals surface area contributed by atoms with E-state index in [-0.39, 0.29) is 0 Å². The van der Waals surface area contributed by atoms with Crippen LogP contribution in [0, 0.1) is 0 Å². The van der Waals surface area contributed by atoms with Gasteiger partial charge in [-0.2, -0.15) is 5.10 Å². The molecule has 0 aromatic heterocycles. The van der Waals surface area contributed by atoms with Crippen LogP contribution in [-0.4, -0.2) is 21.0 Å². The summed E-state index contributed by atoms with van der Waals surface area (Å²) in [4.78, 5) is 10.4. The van der Waals surface area contributed by atoms with Crippen molar-refractivity contribution < 1.29 is 4.79 Å². The van der Waals surface area contributed by atoms with Crippen LogP contribution in [0.4, 0.5) is 0 Å². The largest absolute Gasteiger partial charge is 0.299 e. The molecule has 5 heteroatoms. The molecule has 0 aromatic carbocycles. The van der Waals surface area contributed by atoms with Gasteiger partial charge in [0, 0.05) is 6.21 Å². The number of rotatable bonds is 1. The van der Waals surface area contributed by atoms with Gasteiger partial charge in [0.25, 0.3) is 0 Å². The lowest BCUT2D eigenvalue weighted by atomic mass is 10.3. The van der Waals surface area contributed by atoms with Crippen LogP contribution in [0.15, 0.2) is 17.3 Å². The van der Waals surface area contributed by atoms with Crippen molar-refractivity contribution in [3.8, 4) is 0 Å². The van der Waals surface area contributed by atoms with Gasteiger partial charge in [0.2, 0.25) is 0 Å². The van der Waals surface area contributed by atoms with Crippen molar-refractivity contribution in [1.82, 2.24) is 4.03 Å². The number of nitrogens with zero attached hydrogens (tertiary/aromatic N) is 2. The summed E-state index contributed by atoms with van der Waals surface area (Å²) < 4.78 is 0.536. The zero-order chi connectivity index (χ0) is 7.61. The average molecular weight is 268 g/mol. The molecule has 0 fully saturated rings. The van der Waals surface area contributed by atoms with Crippen LogP contribution in [0.25, 0.3) is 0 Å². The molecule has 1 unspecified atom stereocenters. The molecule has 0 aliphatic carbocycles. The second kappa shape index (κ2) is 2.84. The summed E-state index contributed by atoms with van der Waals surface area (Å²) in [7, 11) is 0. The highest BCUT2D eigenvalue weighted by Crippen LogP contribution is 2.27. The molecule has 0 saturated carbocycles. The molecular weight excluding hydrogens is 264 g/mol. The SMILES string of the molecule is O=CC1(Br)C=CC=NN1Br. The van der Waals surface area contributed by atoms with Crippen molar-refractivity contribution in [3.05, 3.63) is 12.2 Å². The van der Waals surface area contributed by atoms with E-state index in [9.17, 15) is 4.79 Å². The first-order chi connectivity index (χ1) is 4.69. The smallest absolute Gasteiger partial charge is 0.197 e. The van der Waals surface area contributed by atoms with Crippen molar-refractivity contribution >= 4 is 44.6 Å². The molecule has 1 aliphatic rings. The molecule has 0 N–H and O–H groups in total. The highest BCUT2D eigenvalue weighted by molar-refractivity contribution is 9.11. The molecule has 0 amide bonds. The summed E-state index contributed by atoms with van der Waals surface area (Å²) in [5, 5.41) is 3.81. The summed E-state index contributed by atoms with van der Waals surface area (Å²) in [6.45, 7) is 0. The van der Waals surface area contributed by atoms with Crippen LogP contribution < -0.4 is 0 Å². The predicted molar refractivity (Wildman–Crippen MR) is 46.1 cm³/mol. The molecular formula is C5H4Br2N2O. The van der Waals surface area contributed by atoms with E-state index < -0.39 is 4.45 Å². The Hall–Kier alpha value is -0.160. The first kappa shape index (κ1) is 7.94. The normalized spacial score (nSPS) is 30.8. The fourth-order valence-electron chi connectivity index (χ4n) is 0.508. The fourth-order valence-corrected chi connectivity index (χ4v) is 1.06. The molecule has 0 bridgehead atoms. The van der Waals surface area contributed by atoms with E-state index in [2.05, 4.69) is 37.2 Å². The third-order valence-corrected chi connectivity index (χ3v) is 3.07. The molecule has 54 valence electrons. The number of hydrogen-bond donors (Lipinski definition) is 0. The Labute approximate surface area is 75.2 Å². The zero-order valence-electron chi connectivity index (χ0n) is 4.87. The second-order valence-electron chi connectivity index (χ2n) is 1.73. The minimum atomic E-state index is -0.818. The number of hydrogen-bond acceptors (Lipinski definition) is 3. The highest BCUT2D eigenvalue weighted by atomic mass is 79.9. The predicted octanol–water partition coefficient (Wildman–Crippen LogP) is 1.44. The summed E-state index contributed by atoms with van der Waals surface area (Å²) >= 11 is 6.25. The average Bonchev–Trinajstić information content (AvgIpc) is 1.96. The van der Waals surface area contributed by atoms with Crippen LogP contribution in [-0.2, 0) is 4.79 Å². The lowest BCUT2D eigenvalue weighted by molar-refractivity contribution is -0.110. The summed E-state index contributed by atoms with van der Waals surface area (Å²) in [6, 6.07) is 0.